The number of nitrogens with zero attached hydrogens (tertiary/aromatic N) is 1. The van der Waals surface area contributed by atoms with Crippen LogP contribution in [0.25, 0.3) is 4.85 Å². The molecule has 25 heavy (non-hydrogen) atoms. The van der Waals surface area contributed by atoms with Crippen LogP contribution in [0.3, 0.4) is 0 Å². The first-order valence-corrected chi connectivity index (χ1v) is 7.32. The molecule has 138 valence electrons. The summed E-state index contributed by atoms with van der Waals surface area (Å²) in [5, 5.41) is 0. The van der Waals surface area contributed by atoms with Crippen LogP contribution in [0.15, 0.2) is 0 Å². The molecule has 0 bridgehead atoms. The van der Waals surface area contributed by atoms with Crippen molar-refractivity contribution in [3.05, 3.63) is 11.4 Å². The molecule has 10 heteroatoms. The predicted octanol–water partition coefficient (Wildman–Crippen LogP) is -0.0112. The Kier molecular flexibility index (Phi) is 7.32. The van der Waals surface area contributed by atoms with E-state index in [1.54, 1.807) is 0 Å². The van der Waals surface area contributed by atoms with Gasteiger partial charge >= 0.3 is 29.9 Å². The highest BCUT2D eigenvalue weighted by Gasteiger charge is 2.55. The first-order valence-electron chi connectivity index (χ1n) is 7.32. The number of ether oxygens (including phenoxy) is 5. The first-order chi connectivity index (χ1) is 11.6. The summed E-state index contributed by atoms with van der Waals surface area (Å²) in [6.45, 7) is 11.5. The van der Waals surface area contributed by atoms with E-state index in [1.807, 2.05) is 0 Å². The number of carbonyl (C=O) groups excluding carboxylic acids is 4. The Balaban J connectivity index is 3.19. The smallest absolute Gasteiger partial charge is 0.324 e. The van der Waals surface area contributed by atoms with Gasteiger partial charge in [-0.05, 0) is 0 Å². The van der Waals surface area contributed by atoms with Crippen molar-refractivity contribution in [3.8, 4) is 0 Å². The Hall–Kier alpha value is -2.67. The van der Waals surface area contributed by atoms with Gasteiger partial charge in [0.1, 0.15) is 12.7 Å². The average molecular weight is 357 g/mol. The standard InChI is InChI=1S/C15H19NO9/c1-7(17)21-6-11-13(22-8(2)18)14(23-9(3)19)12(16-5)15(25-11)24-10(4)20/h11-15H,6H2,1-4H3/t11-,12-,13-,14-,15+/m1/s1. The maximum Gasteiger partial charge on any atom is 0.324 e. The van der Waals surface area contributed by atoms with Gasteiger partial charge in [-0.15, -0.1) is 0 Å². The number of carbonyl (C=O) groups is 4. The molecule has 0 amide bonds. The largest absolute Gasteiger partial charge is 0.463 e. The minimum atomic E-state index is -1.38. The van der Waals surface area contributed by atoms with Crippen LogP contribution in [-0.4, -0.2) is 61.1 Å². The van der Waals surface area contributed by atoms with Crippen molar-refractivity contribution in [2.24, 2.45) is 0 Å². The van der Waals surface area contributed by atoms with Gasteiger partial charge in [0, 0.05) is 27.7 Å². The van der Waals surface area contributed by atoms with Crippen LogP contribution in [0.5, 0.6) is 0 Å². The second-order valence-electron chi connectivity index (χ2n) is 5.22. The van der Waals surface area contributed by atoms with Crippen LogP contribution in [0.4, 0.5) is 0 Å². The highest BCUT2D eigenvalue weighted by Crippen LogP contribution is 2.29. The van der Waals surface area contributed by atoms with Crippen LogP contribution in [-0.2, 0) is 42.9 Å². The maximum atomic E-state index is 11.4. The molecule has 5 atom stereocenters. The third-order valence-electron chi connectivity index (χ3n) is 3.10. The highest BCUT2D eigenvalue weighted by atomic mass is 16.7. The van der Waals surface area contributed by atoms with Crippen molar-refractivity contribution in [1.82, 2.24) is 0 Å². The highest BCUT2D eigenvalue weighted by molar-refractivity contribution is 5.68. The van der Waals surface area contributed by atoms with Gasteiger partial charge in [0.25, 0.3) is 6.29 Å². The third-order valence-corrected chi connectivity index (χ3v) is 3.10. The lowest BCUT2D eigenvalue weighted by Crippen LogP contribution is -2.61. The summed E-state index contributed by atoms with van der Waals surface area (Å²) >= 11 is 0. The summed E-state index contributed by atoms with van der Waals surface area (Å²) in [5.41, 5.74) is 0. The number of esters is 4. The minimum Gasteiger partial charge on any atom is -0.463 e. The molecule has 0 aromatic carbocycles. The van der Waals surface area contributed by atoms with Crippen molar-refractivity contribution in [2.75, 3.05) is 6.61 Å². The molecule has 0 aromatic rings. The number of rotatable bonds is 5. The summed E-state index contributed by atoms with van der Waals surface area (Å²) < 4.78 is 25.5. The number of hydrogen-bond donors (Lipinski definition) is 0. The summed E-state index contributed by atoms with van der Waals surface area (Å²) in [5.74, 6) is -2.79. The van der Waals surface area contributed by atoms with E-state index < -0.39 is 54.5 Å². The SMILES string of the molecule is [C-]#[N+][C@H]1[C@@H](OC(C)=O)O[C@H](COC(C)=O)[C@@H](OC(C)=O)[C@@H]1OC(C)=O. The normalized spacial score (nSPS) is 28.2. The molecule has 1 fully saturated rings. The first kappa shape index (κ1) is 20.4. The minimum absolute atomic E-state index is 0.354. The van der Waals surface area contributed by atoms with Gasteiger partial charge in [-0.1, -0.05) is 0 Å². The molecule has 10 nitrogen and oxygen atoms in total. The quantitative estimate of drug-likeness (QED) is 0.380. The molecule has 0 aromatic heterocycles. The lowest BCUT2D eigenvalue weighted by atomic mass is 9.96. The zero-order valence-corrected chi connectivity index (χ0v) is 14.2. The molecular formula is C15H19NO9. The van der Waals surface area contributed by atoms with Gasteiger partial charge in [-0.25, -0.2) is 6.57 Å². The monoisotopic (exact) mass is 357 g/mol. The molecular weight excluding hydrogens is 338 g/mol. The molecule has 0 N–H and O–H groups in total. The Morgan fingerprint density at radius 1 is 0.880 bits per heavy atom. The fourth-order valence-corrected chi connectivity index (χ4v) is 2.28. The van der Waals surface area contributed by atoms with Crippen LogP contribution in [0, 0.1) is 6.57 Å². The fraction of sp³-hybridized carbons (Fsp3) is 0.667. The molecule has 1 saturated heterocycles. The van der Waals surface area contributed by atoms with E-state index in [4.69, 9.17) is 30.3 Å². The van der Waals surface area contributed by atoms with Gasteiger partial charge < -0.3 is 28.5 Å². The summed E-state index contributed by atoms with van der Waals surface area (Å²) in [6, 6.07) is -1.26. The van der Waals surface area contributed by atoms with Gasteiger partial charge in [0.2, 0.25) is 6.10 Å². The van der Waals surface area contributed by atoms with Crippen molar-refractivity contribution < 1.29 is 42.9 Å². The zero-order chi connectivity index (χ0) is 19.1. The maximum absolute atomic E-state index is 11.4. The molecule has 0 unspecified atom stereocenters. The van der Waals surface area contributed by atoms with Crippen LogP contribution < -0.4 is 0 Å². The molecule has 1 aliphatic heterocycles. The third kappa shape index (κ3) is 6.04. The van der Waals surface area contributed by atoms with E-state index in [-0.39, 0.29) is 6.61 Å². The molecule has 0 aliphatic carbocycles. The van der Waals surface area contributed by atoms with E-state index in [2.05, 4.69) is 4.85 Å². The van der Waals surface area contributed by atoms with Crippen LogP contribution >= 0.6 is 0 Å². The van der Waals surface area contributed by atoms with E-state index in [0.717, 1.165) is 20.8 Å². The average Bonchev–Trinajstić information content (AvgIpc) is 2.46. The van der Waals surface area contributed by atoms with Gasteiger partial charge in [-0.3, -0.25) is 19.2 Å². The van der Waals surface area contributed by atoms with E-state index >= 15 is 0 Å². The lowest BCUT2D eigenvalue weighted by molar-refractivity contribution is -0.262. The summed E-state index contributed by atoms with van der Waals surface area (Å²) in [6.07, 6.45) is -4.96. The Bertz CT molecular complexity index is 582. The second-order valence-corrected chi connectivity index (χ2v) is 5.22. The molecule has 0 saturated carbocycles. The zero-order valence-electron chi connectivity index (χ0n) is 14.2. The summed E-state index contributed by atoms with van der Waals surface area (Å²) in [4.78, 5) is 48.4. The molecule has 1 rings (SSSR count). The molecule has 1 aliphatic rings. The van der Waals surface area contributed by atoms with E-state index in [9.17, 15) is 19.2 Å². The Morgan fingerprint density at radius 3 is 1.84 bits per heavy atom. The topological polar surface area (TPSA) is 119 Å². The van der Waals surface area contributed by atoms with E-state index in [1.165, 1.54) is 6.92 Å². The molecule has 1 heterocycles. The Morgan fingerprint density at radius 2 is 1.40 bits per heavy atom. The predicted molar refractivity (Wildman–Crippen MR) is 78.6 cm³/mol. The van der Waals surface area contributed by atoms with E-state index in [0.29, 0.717) is 0 Å². The van der Waals surface area contributed by atoms with Gasteiger partial charge in [-0.2, -0.15) is 0 Å². The van der Waals surface area contributed by atoms with Crippen molar-refractivity contribution in [2.45, 2.75) is 58.3 Å². The van der Waals surface area contributed by atoms with Gasteiger partial charge in [0.15, 0.2) is 6.10 Å². The number of hydrogen-bond acceptors (Lipinski definition) is 9. The fourth-order valence-electron chi connectivity index (χ4n) is 2.28. The lowest BCUT2D eigenvalue weighted by Gasteiger charge is -2.39. The van der Waals surface area contributed by atoms with Crippen molar-refractivity contribution >= 4 is 23.9 Å². The second kappa shape index (κ2) is 8.98. The van der Waals surface area contributed by atoms with Crippen molar-refractivity contribution in [3.63, 3.8) is 0 Å². The van der Waals surface area contributed by atoms with Crippen LogP contribution in [0.2, 0.25) is 0 Å². The van der Waals surface area contributed by atoms with Crippen LogP contribution in [0.1, 0.15) is 27.7 Å². The Labute approximate surface area is 144 Å². The summed E-state index contributed by atoms with van der Waals surface area (Å²) in [7, 11) is 0. The van der Waals surface area contributed by atoms with Gasteiger partial charge in [0.05, 0.1) is 0 Å². The molecule has 0 spiro atoms. The van der Waals surface area contributed by atoms with Crippen molar-refractivity contribution in [1.29, 1.82) is 0 Å². The molecule has 0 radical (unpaired) electrons.